The van der Waals surface area contributed by atoms with Crippen molar-refractivity contribution in [1.29, 1.82) is 0 Å². The van der Waals surface area contributed by atoms with Crippen LogP contribution in [0.15, 0.2) is 30.3 Å². The number of carboxylic acids is 1. The molecule has 32 N–H and O–H groups in total. The fourth-order valence-electron chi connectivity index (χ4n) is 13.5. The fourth-order valence-corrected chi connectivity index (χ4v) is 13.8. The minimum absolute atomic E-state index is 0.00369. The van der Waals surface area contributed by atoms with Gasteiger partial charge in [0.25, 0.3) is 0 Å². The quantitative estimate of drug-likeness (QED) is 0.0164. The number of nitroso groups, excluding NO2 is 1. The molecule has 1 aromatic rings. The maximum Gasteiger partial charge on any atom is 0.455 e. The van der Waals surface area contributed by atoms with Crippen LogP contribution in [-0.2, 0) is 112 Å². The number of primary amides is 3. The number of amides is 21. The number of carboxylic acid groups (broad SMARTS) is 1. The maximum absolute atomic E-state index is 14.6. The smallest absolute Gasteiger partial charge is 0.455 e. The molecule has 16 atom stereocenters. The number of hydrogen-bond acceptors (Lipinski definition) is 31. The van der Waals surface area contributed by atoms with Gasteiger partial charge in [0.2, 0.25) is 125 Å². The molecule has 135 heavy (non-hydrogen) atoms. The third-order valence-corrected chi connectivity index (χ3v) is 21.0. The minimum atomic E-state index is -1.98. The molecule has 21 amide bonds. The molecular weight excluding hydrogens is 1820 g/mol. The molecule has 0 radical (unpaired) electrons. The molecule has 51 nitrogen and oxygen atoms in total. The predicted molar refractivity (Wildman–Crippen MR) is 487 cm³/mol. The molecule has 53 heteroatoms. The first-order valence-electron chi connectivity index (χ1n) is 44.0. The van der Waals surface area contributed by atoms with Crippen molar-refractivity contribution in [1.82, 2.24) is 90.0 Å². The van der Waals surface area contributed by atoms with Crippen LogP contribution in [0.2, 0.25) is 0 Å². The lowest BCUT2D eigenvalue weighted by Crippen LogP contribution is -2.62. The fraction of sp³-hybridized carbons (Fsp3) is 0.659. The summed E-state index contributed by atoms with van der Waals surface area (Å²) in [6.07, 6.45) is -5.32. The summed E-state index contributed by atoms with van der Waals surface area (Å²) < 4.78 is -0.138. The zero-order chi connectivity index (χ0) is 102. The minimum Gasteiger partial charge on any atom is -0.481 e. The Bertz CT molecular complexity index is 4250. The molecule has 0 bridgehead atoms. The summed E-state index contributed by atoms with van der Waals surface area (Å²) in [5.74, 6) is -25.3. The van der Waals surface area contributed by atoms with E-state index >= 15 is 0 Å². The van der Waals surface area contributed by atoms with Crippen LogP contribution in [0.25, 0.3) is 0 Å². The highest BCUT2D eigenvalue weighted by atomic mass is 32.1. The van der Waals surface area contributed by atoms with Gasteiger partial charge in [-0.2, -0.15) is 25.3 Å². The number of nitrogens with two attached hydrogens (primary N) is 6. The second-order valence-corrected chi connectivity index (χ2v) is 34.2. The zero-order valence-electron chi connectivity index (χ0n) is 76.6. The number of aliphatic carboxylic acids is 1. The molecule has 0 spiro atoms. The van der Waals surface area contributed by atoms with Gasteiger partial charge in [-0.3, -0.25) is 101 Å². The van der Waals surface area contributed by atoms with Crippen LogP contribution in [0.5, 0.6) is 0 Å². The summed E-state index contributed by atoms with van der Waals surface area (Å²) in [7, 11) is 0. The Morgan fingerprint density at radius 2 is 0.830 bits per heavy atom. The van der Waals surface area contributed by atoms with Crippen LogP contribution >= 0.6 is 25.3 Å². The van der Waals surface area contributed by atoms with Gasteiger partial charge in [0.15, 0.2) is 6.04 Å². The van der Waals surface area contributed by atoms with E-state index in [9.17, 15) is 131 Å². The highest BCUT2D eigenvalue weighted by Gasteiger charge is 2.43. The molecule has 1 aliphatic rings. The van der Waals surface area contributed by atoms with E-state index < -0.39 is 304 Å². The lowest BCUT2D eigenvalue weighted by Gasteiger charge is -2.29. The number of hydrogen-bond donors (Lipinski definition) is 28. The second kappa shape index (κ2) is 62.4. The van der Waals surface area contributed by atoms with Crippen molar-refractivity contribution in [3.05, 3.63) is 40.8 Å². The lowest BCUT2D eigenvalue weighted by atomic mass is 10.00. The van der Waals surface area contributed by atoms with Crippen LogP contribution < -0.4 is 119 Å². The summed E-state index contributed by atoms with van der Waals surface area (Å²) >= 11 is 7.86. The van der Waals surface area contributed by atoms with Crippen LogP contribution in [-0.4, -0.2) is 327 Å². The molecule has 0 unspecified atom stereocenters. The molecule has 756 valence electrons. The molecule has 1 fully saturated rings. The van der Waals surface area contributed by atoms with Crippen molar-refractivity contribution in [2.24, 2.45) is 52.2 Å². The van der Waals surface area contributed by atoms with Crippen LogP contribution in [0.4, 0.5) is 0 Å². The van der Waals surface area contributed by atoms with Gasteiger partial charge < -0.3 is 145 Å². The maximum atomic E-state index is 14.6. The predicted octanol–water partition coefficient (Wildman–Crippen LogP) is -11.4. The number of likely N-dealkylation sites (tertiary alicyclic amines) is 1. The monoisotopic (exact) mass is 1950 g/mol. The number of rotatable bonds is 65. The first kappa shape index (κ1) is 119. The van der Waals surface area contributed by atoms with Gasteiger partial charge in [-0.25, -0.2) is 4.79 Å². The SMILES string of the molecule is CC(C)C[C@H](NC(=O)[C@H](CCCCN)NC(=O)[C@H](CO)NC(=O)[C@@H]1CCCN1C(=O)CNC(=O)[C@H](CCCCN)NC(=O)[C@@H](NC(=O)[C@H](CC(C)C)NC(=O)[C@H](Cc1ccccc1)NC(=O)[C@H](CO)NC(=O)CNC(=O)[C@H](CCC(N)=O)NC(=O)[C@H](CC(N)=O)NC(=O)CNC(=O)[C@H](CC(C)C)NC(=O)[C@@H](N)CS)[C@@H](C)O)C(=O)N[C@@H](CC(N)=O)C(=O)N[C@@H](CC(=O)O)C(=O)[N+](=O)CCS. The molecular formula is C82H135N24O27S2+. The zero-order valence-corrected chi connectivity index (χ0v) is 78.4. The number of aliphatic hydroxyl groups excluding tert-OH is 3. The first-order chi connectivity index (χ1) is 63.5. The molecule has 0 aliphatic carbocycles. The largest absolute Gasteiger partial charge is 0.481 e. The number of carbonyl (C=O) groups excluding carboxylic acids is 21. The number of thiol groups is 2. The average Bonchev–Trinajstić information content (AvgIpc) is 1.78. The van der Waals surface area contributed by atoms with E-state index in [4.69, 9.17) is 34.4 Å². The Balaban J connectivity index is 2.34. The molecule has 1 heterocycles. The van der Waals surface area contributed by atoms with Gasteiger partial charge in [0, 0.05) is 30.0 Å². The van der Waals surface area contributed by atoms with E-state index in [1.807, 2.05) is 0 Å². The third kappa shape index (κ3) is 45.1. The van der Waals surface area contributed by atoms with Gasteiger partial charge in [0.1, 0.15) is 78.5 Å². The molecule has 2 rings (SSSR count). The van der Waals surface area contributed by atoms with Gasteiger partial charge >= 0.3 is 11.9 Å². The lowest BCUT2D eigenvalue weighted by molar-refractivity contribution is -0.466. The van der Waals surface area contributed by atoms with Crippen LogP contribution in [0.1, 0.15) is 157 Å². The van der Waals surface area contributed by atoms with E-state index in [2.05, 4.69) is 110 Å². The van der Waals surface area contributed by atoms with Gasteiger partial charge in [-0.15, -0.1) is 0 Å². The Hall–Kier alpha value is -12.2. The number of nitrogens with zero attached hydrogens (tertiary/aromatic N) is 2. The number of carbonyl (C=O) groups is 22. The van der Waals surface area contributed by atoms with Gasteiger partial charge in [0.05, 0.1) is 74.8 Å². The first-order valence-corrected chi connectivity index (χ1v) is 45.2. The molecule has 1 saturated heterocycles. The van der Waals surface area contributed by atoms with E-state index in [0.717, 1.165) is 11.8 Å². The van der Waals surface area contributed by atoms with E-state index in [0.29, 0.717) is 18.4 Å². The summed E-state index contributed by atoms with van der Waals surface area (Å²) in [6.45, 7) is 6.12. The van der Waals surface area contributed by atoms with Crippen molar-refractivity contribution in [3.63, 3.8) is 0 Å². The van der Waals surface area contributed by atoms with Crippen molar-refractivity contribution in [3.8, 4) is 0 Å². The summed E-state index contributed by atoms with van der Waals surface area (Å²) in [5.41, 5.74) is 33.8. The molecule has 1 aromatic carbocycles. The number of unbranched alkanes of at least 4 members (excludes halogenated alkanes) is 2. The number of aliphatic hydroxyl groups is 3. The van der Waals surface area contributed by atoms with Crippen molar-refractivity contribution in [2.45, 2.75) is 254 Å². The molecule has 1 aliphatic heterocycles. The van der Waals surface area contributed by atoms with Gasteiger partial charge in [-0.1, -0.05) is 71.9 Å². The average molecular weight is 1950 g/mol. The van der Waals surface area contributed by atoms with E-state index in [1.165, 1.54) is 0 Å². The summed E-state index contributed by atoms with van der Waals surface area (Å²) in [6, 6.07) is -16.3. The number of benzene rings is 1. The normalized spacial score (nSPS) is 15.6. The Labute approximate surface area is 790 Å². The summed E-state index contributed by atoms with van der Waals surface area (Å²) in [4.78, 5) is 309. The van der Waals surface area contributed by atoms with Crippen molar-refractivity contribution in [2.75, 3.05) is 70.5 Å². The second-order valence-electron chi connectivity index (χ2n) is 33.4. The van der Waals surface area contributed by atoms with Crippen LogP contribution in [0.3, 0.4) is 0 Å². The number of nitrogens with one attached hydrogen (secondary N) is 16. The topological polar surface area (TPSA) is 828 Å². The molecule has 0 aromatic heterocycles. The highest BCUT2D eigenvalue weighted by Crippen LogP contribution is 2.20. The van der Waals surface area contributed by atoms with Gasteiger partial charge in [-0.05, 0) is 120 Å². The van der Waals surface area contributed by atoms with Crippen molar-refractivity contribution < 1.29 is 131 Å². The third-order valence-electron chi connectivity index (χ3n) is 20.4. The standard InChI is InChI=1S/C82H134N24O27S2/c1-41(2)28-50(97-68(118)46(85)40-135)71(121)90-35-63(113)92-54(32-61(87)111)75(125)95-49(21-22-60(86)110)70(120)89-36-64(114)93-57(38-107)78(128)100-53(31-45-16-9-8-10-17-45)74(124)99-52(30-43(5)6)77(127)104-67(44(7)109)81(131)96-47(18-11-13-23-83)69(119)91-37-65(115)105-25-15-20-59(105)80(130)103-58(39-108)79(129)94-48(19-12-14-24-84)72(122)98-51(29-42(3)4)73(123)101-55(33-62(88)112)76(126)102-56(34-66(116)117)82(132)106(133)26-27-134/h8-10,16-17,41-44,46-59,67,107-109H,11-15,18-40,83-85H2,1-7H3,(H24-,86,87,88,89,90,91,92,93,94,95,96,97,98,99,100,101,102,103,104,110,111,112,113,114,116,117,118,119,120,121,122,123,124,125,126,127,128,129,130,131,134,135)/p+1/t44-,46+,47+,48+,49+,50+,51+,52+,53+,54+,55+,56+,57+,58+,59+,67+/m1/s1. The Morgan fingerprint density at radius 3 is 1.29 bits per heavy atom. The highest BCUT2D eigenvalue weighted by molar-refractivity contribution is 7.80. The van der Waals surface area contributed by atoms with Crippen LogP contribution in [0, 0.1) is 22.7 Å². The van der Waals surface area contributed by atoms with E-state index in [-0.39, 0.29) is 112 Å². The Morgan fingerprint density at radius 1 is 0.444 bits per heavy atom. The summed E-state index contributed by atoms with van der Waals surface area (Å²) in [5, 5.41) is 79.2. The molecule has 0 saturated carbocycles. The Kier molecular flexibility index (Phi) is 54.9. The van der Waals surface area contributed by atoms with Crippen molar-refractivity contribution >= 4 is 155 Å². The van der Waals surface area contributed by atoms with E-state index in [1.54, 1.807) is 71.9 Å².